The summed E-state index contributed by atoms with van der Waals surface area (Å²) in [5.74, 6) is 0. The van der Waals surface area contributed by atoms with Crippen LogP contribution in [0.3, 0.4) is 0 Å². The zero-order chi connectivity index (χ0) is 8.97. The van der Waals surface area contributed by atoms with Crippen LogP contribution in [0.1, 0.15) is 33.1 Å². The lowest BCUT2D eigenvalue weighted by atomic mass is 10.1. The maximum atomic E-state index is 9.27. The smallest absolute Gasteiger partial charge is 0.154 e. The second-order valence-electron chi connectivity index (χ2n) is 3.29. The molecule has 3 heteroatoms. The summed E-state index contributed by atoms with van der Waals surface area (Å²) in [6, 6.07) is 0. The predicted octanol–water partition coefficient (Wildman–Crippen LogP) is 1.30. The zero-order valence-electron chi connectivity index (χ0n) is 7.82. The summed E-state index contributed by atoms with van der Waals surface area (Å²) < 4.78 is 10.8. The lowest BCUT2D eigenvalue weighted by Crippen LogP contribution is -2.19. The minimum atomic E-state index is -0.592. The molecule has 0 spiro atoms. The monoisotopic (exact) mass is 174 g/mol. The molecule has 0 aromatic heterocycles. The Morgan fingerprint density at radius 2 is 2.25 bits per heavy atom. The molecule has 0 aromatic carbocycles. The van der Waals surface area contributed by atoms with Gasteiger partial charge in [0.15, 0.2) is 6.29 Å². The first-order chi connectivity index (χ1) is 5.72. The highest BCUT2D eigenvalue weighted by molar-refractivity contribution is 4.68. The molecule has 0 aliphatic carbocycles. The van der Waals surface area contributed by atoms with E-state index in [2.05, 4.69) is 0 Å². The normalized spacial score (nSPS) is 37.8. The van der Waals surface area contributed by atoms with E-state index < -0.39 is 6.29 Å². The molecule has 1 aliphatic heterocycles. The second-order valence-corrected chi connectivity index (χ2v) is 3.29. The summed E-state index contributed by atoms with van der Waals surface area (Å²) in [7, 11) is 0. The van der Waals surface area contributed by atoms with E-state index >= 15 is 0 Å². The van der Waals surface area contributed by atoms with Crippen LogP contribution in [0.4, 0.5) is 0 Å². The van der Waals surface area contributed by atoms with Gasteiger partial charge < -0.3 is 14.6 Å². The molecule has 0 saturated carbocycles. The van der Waals surface area contributed by atoms with Crippen molar-refractivity contribution in [3.8, 4) is 0 Å². The van der Waals surface area contributed by atoms with Crippen molar-refractivity contribution in [2.45, 2.75) is 51.6 Å². The van der Waals surface area contributed by atoms with E-state index in [9.17, 15) is 5.11 Å². The van der Waals surface area contributed by atoms with Crippen LogP contribution in [-0.2, 0) is 9.47 Å². The van der Waals surface area contributed by atoms with Crippen LogP contribution < -0.4 is 0 Å². The summed E-state index contributed by atoms with van der Waals surface area (Å²) in [6.07, 6.45) is 2.27. The van der Waals surface area contributed by atoms with E-state index in [-0.39, 0.29) is 12.2 Å². The van der Waals surface area contributed by atoms with Crippen molar-refractivity contribution in [3.63, 3.8) is 0 Å². The molecule has 1 aliphatic rings. The van der Waals surface area contributed by atoms with Crippen molar-refractivity contribution in [1.82, 2.24) is 0 Å². The molecule has 1 fully saturated rings. The SMILES string of the molecule is CCOC1CCC(O)OC(C)C1. The fraction of sp³-hybridized carbons (Fsp3) is 1.00. The molecule has 1 rings (SSSR count). The predicted molar refractivity (Wildman–Crippen MR) is 45.8 cm³/mol. The number of ether oxygens (including phenoxy) is 2. The average molecular weight is 174 g/mol. The maximum absolute atomic E-state index is 9.27. The molecule has 0 radical (unpaired) electrons. The van der Waals surface area contributed by atoms with Gasteiger partial charge in [-0.3, -0.25) is 0 Å². The Morgan fingerprint density at radius 3 is 2.92 bits per heavy atom. The fourth-order valence-electron chi connectivity index (χ4n) is 1.60. The van der Waals surface area contributed by atoms with Crippen molar-refractivity contribution in [3.05, 3.63) is 0 Å². The highest BCUT2D eigenvalue weighted by Gasteiger charge is 2.22. The second kappa shape index (κ2) is 4.80. The molecule has 3 unspecified atom stereocenters. The molecular formula is C9H18O3. The van der Waals surface area contributed by atoms with Crippen molar-refractivity contribution in [2.24, 2.45) is 0 Å². The van der Waals surface area contributed by atoms with Crippen LogP contribution in [0, 0.1) is 0 Å². The van der Waals surface area contributed by atoms with Gasteiger partial charge in [-0.05, 0) is 26.7 Å². The molecule has 0 amide bonds. The molecule has 1 heterocycles. The van der Waals surface area contributed by atoms with Gasteiger partial charge in [-0.1, -0.05) is 0 Å². The third-order valence-electron chi connectivity index (χ3n) is 2.12. The quantitative estimate of drug-likeness (QED) is 0.685. The molecule has 1 N–H and O–H groups in total. The minimum Gasteiger partial charge on any atom is -0.378 e. The summed E-state index contributed by atoms with van der Waals surface area (Å²) in [4.78, 5) is 0. The molecule has 1 saturated heterocycles. The van der Waals surface area contributed by atoms with Gasteiger partial charge in [0.2, 0.25) is 0 Å². The molecule has 0 bridgehead atoms. The largest absolute Gasteiger partial charge is 0.378 e. The van der Waals surface area contributed by atoms with Crippen LogP contribution in [0.2, 0.25) is 0 Å². The highest BCUT2D eigenvalue weighted by atomic mass is 16.6. The summed E-state index contributed by atoms with van der Waals surface area (Å²) >= 11 is 0. The number of aliphatic hydroxyl groups is 1. The number of hydrogen-bond acceptors (Lipinski definition) is 3. The Morgan fingerprint density at radius 1 is 1.50 bits per heavy atom. The van der Waals surface area contributed by atoms with Gasteiger partial charge in [0.05, 0.1) is 12.2 Å². The van der Waals surface area contributed by atoms with E-state index in [0.717, 1.165) is 19.4 Å². The molecule has 72 valence electrons. The fourth-order valence-corrected chi connectivity index (χ4v) is 1.60. The molecule has 12 heavy (non-hydrogen) atoms. The topological polar surface area (TPSA) is 38.7 Å². The molecule has 3 nitrogen and oxygen atoms in total. The van der Waals surface area contributed by atoms with Crippen LogP contribution in [0.15, 0.2) is 0 Å². The number of rotatable bonds is 2. The summed E-state index contributed by atoms with van der Waals surface area (Å²) in [5.41, 5.74) is 0. The van der Waals surface area contributed by atoms with Crippen LogP contribution in [0.5, 0.6) is 0 Å². The Labute approximate surface area is 73.7 Å². The van der Waals surface area contributed by atoms with Gasteiger partial charge in [-0.2, -0.15) is 0 Å². The minimum absolute atomic E-state index is 0.110. The molecular weight excluding hydrogens is 156 g/mol. The number of hydrogen-bond donors (Lipinski definition) is 1. The average Bonchev–Trinajstić information content (AvgIpc) is 2.13. The van der Waals surface area contributed by atoms with Gasteiger partial charge in [-0.25, -0.2) is 0 Å². The first-order valence-electron chi connectivity index (χ1n) is 4.67. The Hall–Kier alpha value is -0.120. The number of aliphatic hydroxyl groups excluding tert-OH is 1. The van der Waals surface area contributed by atoms with Gasteiger partial charge in [0, 0.05) is 13.0 Å². The Bertz CT molecular complexity index is 127. The van der Waals surface area contributed by atoms with Crippen LogP contribution >= 0.6 is 0 Å². The third-order valence-corrected chi connectivity index (χ3v) is 2.12. The van der Waals surface area contributed by atoms with Crippen molar-refractivity contribution < 1.29 is 14.6 Å². The van der Waals surface area contributed by atoms with E-state index in [0.29, 0.717) is 6.42 Å². The first-order valence-corrected chi connectivity index (χ1v) is 4.67. The summed E-state index contributed by atoms with van der Waals surface area (Å²) in [5, 5.41) is 9.27. The standard InChI is InChI=1S/C9H18O3/c1-3-11-8-4-5-9(10)12-7(2)6-8/h7-10H,3-6H2,1-2H3. The maximum Gasteiger partial charge on any atom is 0.154 e. The van der Waals surface area contributed by atoms with Crippen LogP contribution in [0.25, 0.3) is 0 Å². The summed E-state index contributed by atoms with van der Waals surface area (Å²) in [6.45, 7) is 4.71. The third kappa shape index (κ3) is 3.09. The van der Waals surface area contributed by atoms with E-state index in [1.807, 2.05) is 13.8 Å². The van der Waals surface area contributed by atoms with Crippen molar-refractivity contribution >= 4 is 0 Å². The van der Waals surface area contributed by atoms with E-state index in [1.54, 1.807) is 0 Å². The van der Waals surface area contributed by atoms with E-state index in [4.69, 9.17) is 9.47 Å². The Balaban J connectivity index is 2.35. The highest BCUT2D eigenvalue weighted by Crippen LogP contribution is 2.19. The van der Waals surface area contributed by atoms with Gasteiger partial charge >= 0.3 is 0 Å². The molecule has 0 aromatic rings. The van der Waals surface area contributed by atoms with Crippen molar-refractivity contribution in [2.75, 3.05) is 6.61 Å². The Kier molecular flexibility index (Phi) is 3.98. The van der Waals surface area contributed by atoms with Crippen molar-refractivity contribution in [1.29, 1.82) is 0 Å². The van der Waals surface area contributed by atoms with E-state index in [1.165, 1.54) is 0 Å². The van der Waals surface area contributed by atoms with Gasteiger partial charge in [0.1, 0.15) is 0 Å². The molecule has 3 atom stereocenters. The van der Waals surface area contributed by atoms with Gasteiger partial charge in [-0.15, -0.1) is 0 Å². The lowest BCUT2D eigenvalue weighted by Gasteiger charge is -2.16. The van der Waals surface area contributed by atoms with Gasteiger partial charge in [0.25, 0.3) is 0 Å². The van der Waals surface area contributed by atoms with Crippen LogP contribution in [-0.4, -0.2) is 30.2 Å². The lowest BCUT2D eigenvalue weighted by molar-refractivity contribution is -0.127. The first kappa shape index (κ1) is 9.96. The zero-order valence-corrected chi connectivity index (χ0v) is 7.82.